The second-order valence-corrected chi connectivity index (χ2v) is 4.38. The van der Waals surface area contributed by atoms with E-state index in [1.165, 1.54) is 0 Å². The summed E-state index contributed by atoms with van der Waals surface area (Å²) >= 11 is 0. The molecule has 1 amide bonds. The molecule has 100 valence electrons. The molecule has 0 saturated carbocycles. The van der Waals surface area contributed by atoms with E-state index in [1.54, 1.807) is 18.3 Å². The first-order valence-corrected chi connectivity index (χ1v) is 6.12. The van der Waals surface area contributed by atoms with Crippen molar-refractivity contribution in [2.75, 3.05) is 0 Å². The summed E-state index contributed by atoms with van der Waals surface area (Å²) in [5.41, 5.74) is 6.74. The van der Waals surface area contributed by atoms with Gasteiger partial charge in [0.05, 0.1) is 11.7 Å². The fourth-order valence-corrected chi connectivity index (χ4v) is 1.77. The zero-order valence-electron chi connectivity index (χ0n) is 11.0. The molecule has 0 aliphatic heterocycles. The van der Waals surface area contributed by atoms with Crippen molar-refractivity contribution in [2.24, 2.45) is 5.73 Å². The van der Waals surface area contributed by atoms with Crippen LogP contribution >= 0.6 is 0 Å². The van der Waals surface area contributed by atoms with Crippen molar-refractivity contribution >= 4 is 5.91 Å². The quantitative estimate of drug-likeness (QED) is 0.879. The number of nitrogens with two attached hydrogens (primary N) is 1. The Bertz CT molecular complexity index is 578. The van der Waals surface area contributed by atoms with Gasteiger partial charge in [0.1, 0.15) is 11.5 Å². The van der Waals surface area contributed by atoms with E-state index in [-0.39, 0.29) is 11.9 Å². The van der Waals surface area contributed by atoms with Crippen molar-refractivity contribution in [1.29, 1.82) is 0 Å². The second-order valence-electron chi connectivity index (χ2n) is 4.38. The number of carbonyl (C=O) groups is 1. The number of aromatic nitrogens is 1. The van der Waals surface area contributed by atoms with Crippen molar-refractivity contribution in [2.45, 2.75) is 26.4 Å². The Hall–Kier alpha value is -2.14. The van der Waals surface area contributed by atoms with Gasteiger partial charge in [-0.05, 0) is 38.1 Å². The first kappa shape index (κ1) is 13.3. The van der Waals surface area contributed by atoms with E-state index in [0.29, 0.717) is 17.8 Å². The van der Waals surface area contributed by atoms with Gasteiger partial charge in [-0.25, -0.2) is 0 Å². The number of pyridine rings is 1. The van der Waals surface area contributed by atoms with Crippen molar-refractivity contribution in [3.05, 3.63) is 53.2 Å². The van der Waals surface area contributed by atoms with E-state index in [0.717, 1.165) is 11.5 Å². The van der Waals surface area contributed by atoms with Crippen molar-refractivity contribution < 1.29 is 9.21 Å². The molecule has 3 N–H and O–H groups in total. The summed E-state index contributed by atoms with van der Waals surface area (Å²) in [6.07, 6.45) is 1.58. The minimum Gasteiger partial charge on any atom is -0.464 e. The summed E-state index contributed by atoms with van der Waals surface area (Å²) in [7, 11) is 0. The summed E-state index contributed by atoms with van der Waals surface area (Å²) in [4.78, 5) is 16.1. The first-order chi connectivity index (χ1) is 9.10. The Kier molecular flexibility index (Phi) is 3.97. The maximum absolute atomic E-state index is 12.1. The number of rotatable bonds is 4. The molecule has 2 aromatic heterocycles. The molecule has 0 aromatic carbocycles. The third-order valence-corrected chi connectivity index (χ3v) is 2.82. The Labute approximate surface area is 111 Å². The van der Waals surface area contributed by atoms with Gasteiger partial charge in [-0.2, -0.15) is 0 Å². The van der Waals surface area contributed by atoms with Crippen LogP contribution in [0.4, 0.5) is 0 Å². The Balaban J connectivity index is 2.08. The van der Waals surface area contributed by atoms with Gasteiger partial charge in [0.25, 0.3) is 5.91 Å². The summed E-state index contributed by atoms with van der Waals surface area (Å²) < 4.78 is 5.48. The maximum Gasteiger partial charge on any atom is 0.251 e. The number of amides is 1. The lowest BCUT2D eigenvalue weighted by Gasteiger charge is -2.11. The predicted octanol–water partition coefficient (Wildman–Crippen LogP) is 1.93. The molecule has 0 saturated heterocycles. The number of hydrogen-bond donors (Lipinski definition) is 2. The van der Waals surface area contributed by atoms with E-state index in [1.807, 2.05) is 26.0 Å². The molecule has 5 heteroatoms. The monoisotopic (exact) mass is 259 g/mol. The molecule has 1 unspecified atom stereocenters. The van der Waals surface area contributed by atoms with E-state index in [2.05, 4.69) is 10.3 Å². The molecule has 0 fully saturated rings. The normalized spacial score (nSPS) is 12.2. The largest absolute Gasteiger partial charge is 0.464 e. The number of nitrogens with one attached hydrogen (secondary N) is 1. The Morgan fingerprint density at radius 3 is 2.89 bits per heavy atom. The van der Waals surface area contributed by atoms with E-state index in [9.17, 15) is 4.79 Å². The van der Waals surface area contributed by atoms with Crippen LogP contribution in [0.1, 0.15) is 40.5 Å². The zero-order chi connectivity index (χ0) is 13.8. The van der Waals surface area contributed by atoms with Crippen molar-refractivity contribution in [3.63, 3.8) is 0 Å². The van der Waals surface area contributed by atoms with E-state index in [4.69, 9.17) is 10.2 Å². The molecular formula is C14H17N3O2. The molecule has 0 radical (unpaired) electrons. The molecule has 2 heterocycles. The molecule has 2 rings (SSSR count). The minimum atomic E-state index is -0.185. The van der Waals surface area contributed by atoms with Gasteiger partial charge in [0.15, 0.2) is 0 Å². The highest BCUT2D eigenvalue weighted by Crippen LogP contribution is 2.16. The van der Waals surface area contributed by atoms with Crippen LogP contribution in [0.2, 0.25) is 0 Å². The van der Waals surface area contributed by atoms with E-state index >= 15 is 0 Å². The molecule has 0 aliphatic carbocycles. The van der Waals surface area contributed by atoms with Crippen molar-refractivity contribution in [1.82, 2.24) is 10.3 Å². The molecule has 1 atom stereocenters. The molecule has 0 bridgehead atoms. The summed E-state index contributed by atoms with van der Waals surface area (Å²) in [6, 6.07) is 6.90. The molecule has 2 aromatic rings. The van der Waals surface area contributed by atoms with Gasteiger partial charge in [-0.15, -0.1) is 0 Å². The van der Waals surface area contributed by atoms with Crippen LogP contribution in [0.15, 0.2) is 34.9 Å². The van der Waals surface area contributed by atoms with Gasteiger partial charge in [-0.1, -0.05) is 0 Å². The predicted molar refractivity (Wildman–Crippen MR) is 71.5 cm³/mol. The summed E-state index contributed by atoms with van der Waals surface area (Å²) in [6.45, 7) is 4.06. The lowest BCUT2D eigenvalue weighted by Crippen LogP contribution is -2.26. The van der Waals surface area contributed by atoms with Crippen LogP contribution in [0.3, 0.4) is 0 Å². The molecule has 0 spiro atoms. The Morgan fingerprint density at radius 2 is 2.26 bits per heavy atom. The molecular weight excluding hydrogens is 242 g/mol. The fraction of sp³-hybridized carbons (Fsp3) is 0.286. The lowest BCUT2D eigenvalue weighted by atomic mass is 10.2. The van der Waals surface area contributed by atoms with Gasteiger partial charge >= 0.3 is 0 Å². The zero-order valence-corrected chi connectivity index (χ0v) is 11.0. The van der Waals surface area contributed by atoms with Crippen molar-refractivity contribution in [3.8, 4) is 0 Å². The molecule has 0 aliphatic rings. The highest BCUT2D eigenvalue weighted by atomic mass is 16.3. The standard InChI is InChI=1S/C14H17N3O2/c1-9-3-4-13(19-9)10(2)17-14(18)11-5-6-16-12(7-11)8-15/h3-7,10H,8,15H2,1-2H3,(H,17,18). The lowest BCUT2D eigenvalue weighted by molar-refractivity contribution is 0.0935. The molecule has 5 nitrogen and oxygen atoms in total. The average Bonchev–Trinajstić information content (AvgIpc) is 2.85. The third kappa shape index (κ3) is 3.20. The summed E-state index contributed by atoms with van der Waals surface area (Å²) in [5.74, 6) is 1.39. The minimum absolute atomic E-state index is 0.168. The number of nitrogens with zero attached hydrogens (tertiary/aromatic N) is 1. The second kappa shape index (κ2) is 5.67. The van der Waals surface area contributed by atoms with Gasteiger partial charge in [0.2, 0.25) is 0 Å². The van der Waals surface area contributed by atoms with Crippen LogP contribution in [0, 0.1) is 6.92 Å². The van der Waals surface area contributed by atoms with E-state index < -0.39 is 0 Å². The topological polar surface area (TPSA) is 81.2 Å². The SMILES string of the molecule is Cc1ccc(C(C)NC(=O)c2ccnc(CN)c2)o1. The van der Waals surface area contributed by atoms with Crippen LogP contribution in [-0.4, -0.2) is 10.9 Å². The third-order valence-electron chi connectivity index (χ3n) is 2.82. The maximum atomic E-state index is 12.1. The van der Waals surface area contributed by atoms with Crippen LogP contribution in [0.25, 0.3) is 0 Å². The fourth-order valence-electron chi connectivity index (χ4n) is 1.77. The van der Waals surface area contributed by atoms with Gasteiger partial charge in [0, 0.05) is 18.3 Å². The smallest absolute Gasteiger partial charge is 0.251 e. The van der Waals surface area contributed by atoms with Crippen LogP contribution in [0.5, 0.6) is 0 Å². The number of hydrogen-bond acceptors (Lipinski definition) is 4. The van der Waals surface area contributed by atoms with Gasteiger partial charge < -0.3 is 15.5 Å². The number of carbonyl (C=O) groups excluding carboxylic acids is 1. The van der Waals surface area contributed by atoms with Crippen LogP contribution in [-0.2, 0) is 6.54 Å². The Morgan fingerprint density at radius 1 is 1.47 bits per heavy atom. The number of furan rings is 1. The average molecular weight is 259 g/mol. The highest BCUT2D eigenvalue weighted by molar-refractivity contribution is 5.94. The van der Waals surface area contributed by atoms with Gasteiger partial charge in [-0.3, -0.25) is 9.78 Å². The summed E-state index contributed by atoms with van der Waals surface area (Å²) in [5, 5.41) is 2.88. The van der Waals surface area contributed by atoms with Crippen LogP contribution < -0.4 is 11.1 Å². The number of aryl methyl sites for hydroxylation is 1. The molecule has 19 heavy (non-hydrogen) atoms. The highest BCUT2D eigenvalue weighted by Gasteiger charge is 2.14. The first-order valence-electron chi connectivity index (χ1n) is 6.12.